The van der Waals surface area contributed by atoms with Gasteiger partial charge in [-0.05, 0) is 35.7 Å². The lowest BCUT2D eigenvalue weighted by Gasteiger charge is -2.07. The van der Waals surface area contributed by atoms with Crippen LogP contribution in [-0.2, 0) is 0 Å². The molecule has 4 rings (SSSR count). The van der Waals surface area contributed by atoms with Gasteiger partial charge in [0, 0.05) is 16.8 Å². The number of fused-ring (bicyclic) bond motifs is 1. The molecule has 3 aromatic heterocycles. The Morgan fingerprint density at radius 2 is 1.92 bits per heavy atom. The van der Waals surface area contributed by atoms with Crippen LogP contribution >= 0.6 is 22.9 Å². The van der Waals surface area contributed by atoms with Gasteiger partial charge in [-0.1, -0.05) is 35.9 Å². The molecule has 0 aliphatic heterocycles. The SMILES string of the molecule is O=C(Nc1c(-c2ccc(Cl)cc2)nc2ccccn12)c1cccs1. The minimum absolute atomic E-state index is 0.147. The first-order valence-electron chi connectivity index (χ1n) is 7.30. The monoisotopic (exact) mass is 353 g/mol. The number of imidazole rings is 1. The van der Waals surface area contributed by atoms with Crippen molar-refractivity contribution in [2.75, 3.05) is 5.32 Å². The van der Waals surface area contributed by atoms with Crippen LogP contribution in [-0.4, -0.2) is 15.3 Å². The number of hydrogen-bond donors (Lipinski definition) is 1. The van der Waals surface area contributed by atoms with Crippen molar-refractivity contribution in [2.24, 2.45) is 0 Å². The van der Waals surface area contributed by atoms with Crippen LogP contribution in [0.25, 0.3) is 16.9 Å². The van der Waals surface area contributed by atoms with Crippen LogP contribution in [0.15, 0.2) is 66.2 Å². The minimum Gasteiger partial charge on any atom is -0.305 e. The summed E-state index contributed by atoms with van der Waals surface area (Å²) >= 11 is 7.38. The summed E-state index contributed by atoms with van der Waals surface area (Å²) in [5.41, 5.74) is 2.37. The molecule has 0 bridgehead atoms. The Balaban J connectivity index is 1.84. The molecule has 4 nitrogen and oxygen atoms in total. The van der Waals surface area contributed by atoms with Crippen molar-refractivity contribution >= 4 is 40.3 Å². The second-order valence-corrected chi connectivity index (χ2v) is 6.56. The van der Waals surface area contributed by atoms with E-state index < -0.39 is 0 Å². The fourth-order valence-electron chi connectivity index (χ4n) is 2.50. The number of hydrogen-bond acceptors (Lipinski definition) is 3. The van der Waals surface area contributed by atoms with Crippen molar-refractivity contribution in [3.63, 3.8) is 0 Å². The first-order chi connectivity index (χ1) is 11.7. The summed E-state index contributed by atoms with van der Waals surface area (Å²) in [5, 5.41) is 5.53. The van der Waals surface area contributed by atoms with Crippen LogP contribution in [0.3, 0.4) is 0 Å². The third-order valence-electron chi connectivity index (χ3n) is 3.62. The van der Waals surface area contributed by atoms with Crippen molar-refractivity contribution in [3.8, 4) is 11.3 Å². The highest BCUT2D eigenvalue weighted by molar-refractivity contribution is 7.12. The van der Waals surface area contributed by atoms with E-state index in [1.165, 1.54) is 11.3 Å². The Morgan fingerprint density at radius 3 is 2.67 bits per heavy atom. The highest BCUT2D eigenvalue weighted by Gasteiger charge is 2.17. The number of nitrogens with one attached hydrogen (secondary N) is 1. The molecule has 0 fully saturated rings. The van der Waals surface area contributed by atoms with Gasteiger partial charge in [-0.3, -0.25) is 9.20 Å². The predicted molar refractivity (Wildman–Crippen MR) is 97.9 cm³/mol. The molecule has 1 N–H and O–H groups in total. The number of nitrogens with zero attached hydrogens (tertiary/aromatic N) is 2. The number of aromatic nitrogens is 2. The van der Waals surface area contributed by atoms with Gasteiger partial charge in [0.05, 0.1) is 4.88 Å². The zero-order chi connectivity index (χ0) is 16.5. The van der Waals surface area contributed by atoms with Crippen LogP contribution in [0.2, 0.25) is 5.02 Å². The average molecular weight is 354 g/mol. The van der Waals surface area contributed by atoms with Crippen LogP contribution < -0.4 is 5.32 Å². The Hall–Kier alpha value is -2.63. The van der Waals surface area contributed by atoms with Crippen molar-refractivity contribution < 1.29 is 4.79 Å². The number of rotatable bonds is 3. The summed E-state index contributed by atoms with van der Waals surface area (Å²) < 4.78 is 1.87. The Labute approximate surface area is 147 Å². The van der Waals surface area contributed by atoms with Gasteiger partial charge < -0.3 is 5.32 Å². The van der Waals surface area contributed by atoms with Gasteiger partial charge in [-0.25, -0.2) is 4.98 Å². The molecule has 118 valence electrons. The standard InChI is InChI=1S/C18H12ClN3OS/c19-13-8-6-12(7-9-13)16-17(21-18(23)14-4-3-11-24-14)22-10-2-1-5-15(22)20-16/h1-11H,(H,21,23). The van der Waals surface area contributed by atoms with Gasteiger partial charge in [0.1, 0.15) is 17.2 Å². The molecule has 0 radical (unpaired) electrons. The zero-order valence-electron chi connectivity index (χ0n) is 12.4. The van der Waals surface area contributed by atoms with E-state index in [2.05, 4.69) is 10.3 Å². The topological polar surface area (TPSA) is 46.4 Å². The maximum atomic E-state index is 12.5. The van der Waals surface area contributed by atoms with Crippen molar-refractivity contribution in [1.29, 1.82) is 0 Å². The average Bonchev–Trinajstić information content (AvgIpc) is 3.24. The molecule has 0 saturated carbocycles. The molecule has 3 heterocycles. The summed E-state index contributed by atoms with van der Waals surface area (Å²) in [6, 6.07) is 16.8. The smallest absolute Gasteiger partial charge is 0.266 e. The summed E-state index contributed by atoms with van der Waals surface area (Å²) in [6.07, 6.45) is 1.88. The van der Waals surface area contributed by atoms with Crippen molar-refractivity contribution in [1.82, 2.24) is 9.38 Å². The van der Waals surface area contributed by atoms with Gasteiger partial charge in [-0.2, -0.15) is 0 Å². The number of halogens is 1. The number of thiophene rings is 1. The molecular weight excluding hydrogens is 342 g/mol. The molecular formula is C18H12ClN3OS. The normalized spacial score (nSPS) is 10.9. The molecule has 1 aromatic carbocycles. The summed E-state index contributed by atoms with van der Waals surface area (Å²) in [7, 11) is 0. The summed E-state index contributed by atoms with van der Waals surface area (Å²) in [6.45, 7) is 0. The Kier molecular flexibility index (Phi) is 3.80. The highest BCUT2D eigenvalue weighted by Crippen LogP contribution is 2.30. The number of pyridine rings is 1. The number of benzene rings is 1. The molecule has 24 heavy (non-hydrogen) atoms. The van der Waals surface area contributed by atoms with E-state index in [1.54, 1.807) is 6.07 Å². The van der Waals surface area contributed by atoms with Gasteiger partial charge in [0.15, 0.2) is 0 Å². The van der Waals surface area contributed by atoms with E-state index in [0.29, 0.717) is 21.4 Å². The summed E-state index contributed by atoms with van der Waals surface area (Å²) in [4.78, 5) is 17.8. The molecule has 0 aliphatic rings. The lowest BCUT2D eigenvalue weighted by atomic mass is 10.1. The fraction of sp³-hybridized carbons (Fsp3) is 0. The van der Waals surface area contributed by atoms with Crippen molar-refractivity contribution in [3.05, 3.63) is 76.1 Å². The molecule has 6 heteroatoms. The Bertz CT molecular complexity index is 1010. The van der Waals surface area contributed by atoms with Gasteiger partial charge >= 0.3 is 0 Å². The largest absolute Gasteiger partial charge is 0.305 e. The number of amides is 1. The van der Waals surface area contributed by atoms with Gasteiger partial charge in [-0.15, -0.1) is 11.3 Å². The van der Waals surface area contributed by atoms with Crippen LogP contribution in [0.4, 0.5) is 5.82 Å². The number of carbonyl (C=O) groups is 1. The molecule has 4 aromatic rings. The Morgan fingerprint density at radius 1 is 1.08 bits per heavy atom. The number of anilines is 1. The molecule has 0 unspecified atom stereocenters. The zero-order valence-corrected chi connectivity index (χ0v) is 14.0. The van der Waals surface area contributed by atoms with Crippen LogP contribution in [0.1, 0.15) is 9.67 Å². The molecule has 1 amide bonds. The predicted octanol–water partition coefficient (Wildman–Crippen LogP) is 4.97. The first kappa shape index (κ1) is 14.9. The van der Waals surface area contributed by atoms with Crippen LogP contribution in [0.5, 0.6) is 0 Å². The van der Waals surface area contributed by atoms with E-state index in [9.17, 15) is 4.79 Å². The first-order valence-corrected chi connectivity index (χ1v) is 8.56. The van der Waals surface area contributed by atoms with Gasteiger partial charge in [0.25, 0.3) is 5.91 Å². The van der Waals surface area contributed by atoms with E-state index in [1.807, 2.05) is 64.5 Å². The van der Waals surface area contributed by atoms with Crippen LogP contribution in [0, 0.1) is 0 Å². The molecule has 0 spiro atoms. The van der Waals surface area contributed by atoms with E-state index >= 15 is 0 Å². The van der Waals surface area contributed by atoms with E-state index in [0.717, 1.165) is 11.2 Å². The fourth-order valence-corrected chi connectivity index (χ4v) is 3.25. The van der Waals surface area contributed by atoms with E-state index in [4.69, 9.17) is 11.6 Å². The lowest BCUT2D eigenvalue weighted by Crippen LogP contribution is -2.12. The minimum atomic E-state index is -0.147. The third kappa shape index (κ3) is 2.68. The molecule has 0 aliphatic carbocycles. The van der Waals surface area contributed by atoms with Crippen molar-refractivity contribution in [2.45, 2.75) is 0 Å². The summed E-state index contributed by atoms with van der Waals surface area (Å²) in [5.74, 6) is 0.497. The third-order valence-corrected chi connectivity index (χ3v) is 4.75. The molecule has 0 saturated heterocycles. The van der Waals surface area contributed by atoms with E-state index in [-0.39, 0.29) is 5.91 Å². The number of carbonyl (C=O) groups excluding carboxylic acids is 1. The quantitative estimate of drug-likeness (QED) is 0.565. The van der Waals surface area contributed by atoms with Gasteiger partial charge in [0.2, 0.25) is 0 Å². The molecule has 0 atom stereocenters. The highest BCUT2D eigenvalue weighted by atomic mass is 35.5. The lowest BCUT2D eigenvalue weighted by molar-refractivity contribution is 0.103. The second kappa shape index (κ2) is 6.11. The maximum absolute atomic E-state index is 12.5. The maximum Gasteiger partial charge on any atom is 0.266 e. The second-order valence-electron chi connectivity index (χ2n) is 5.18.